The van der Waals surface area contributed by atoms with Crippen LogP contribution >= 0.6 is 11.6 Å². The number of alkyl halides is 1. The first-order valence-electron chi connectivity index (χ1n) is 7.77. The molecule has 130 valence electrons. The number of aromatic nitrogens is 1. The van der Waals surface area contributed by atoms with Crippen LogP contribution in [0.15, 0.2) is 18.5 Å². The maximum Gasteiger partial charge on any atom is 0.100 e. The van der Waals surface area contributed by atoms with Crippen LogP contribution in [0.2, 0.25) is 5.02 Å². The van der Waals surface area contributed by atoms with Crippen molar-refractivity contribution < 1.29 is 13.7 Å². The third kappa shape index (κ3) is 4.72. The van der Waals surface area contributed by atoms with Crippen LogP contribution in [0.4, 0.5) is 4.39 Å². The zero-order valence-corrected chi connectivity index (χ0v) is 15.3. The molecule has 0 bridgehead atoms. The second-order valence-corrected chi connectivity index (χ2v) is 9.58. The monoisotopic (exact) mass is 362 g/mol. The molecule has 0 spiro atoms. The summed E-state index contributed by atoms with van der Waals surface area (Å²) in [7, 11) is -1.39. The van der Waals surface area contributed by atoms with Crippen molar-refractivity contribution in [2.75, 3.05) is 0 Å². The van der Waals surface area contributed by atoms with Crippen molar-refractivity contribution in [3.8, 4) is 0 Å². The van der Waals surface area contributed by atoms with Gasteiger partial charge in [-0.05, 0) is 58.1 Å². The van der Waals surface area contributed by atoms with Gasteiger partial charge in [0.15, 0.2) is 0 Å². The Hall–Kier alpha value is -0.560. The van der Waals surface area contributed by atoms with E-state index in [1.54, 1.807) is 12.3 Å². The van der Waals surface area contributed by atoms with Crippen LogP contribution in [0, 0.1) is 0 Å². The first-order valence-corrected chi connectivity index (χ1v) is 9.29. The Morgan fingerprint density at radius 3 is 2.57 bits per heavy atom. The minimum atomic E-state index is -1.39. The average Bonchev–Trinajstić information content (AvgIpc) is 2.46. The lowest BCUT2D eigenvalue weighted by atomic mass is 9.77. The number of nitrogens with zero attached hydrogens (tertiary/aromatic N) is 1. The summed E-state index contributed by atoms with van der Waals surface area (Å²) in [5.74, 6) is 0. The number of hydrogen-bond acceptors (Lipinski definition) is 3. The summed E-state index contributed by atoms with van der Waals surface area (Å²) in [6.07, 6.45) is 3.42. The van der Waals surface area contributed by atoms with Crippen LogP contribution in [0.1, 0.15) is 58.1 Å². The molecule has 4 nitrogen and oxygen atoms in total. The molecule has 1 heterocycles. The topological polar surface area (TPSA) is 62.2 Å². The van der Waals surface area contributed by atoms with Crippen LogP contribution in [0.3, 0.4) is 0 Å². The highest BCUT2D eigenvalue weighted by Crippen LogP contribution is 2.40. The molecule has 0 amide bonds. The summed E-state index contributed by atoms with van der Waals surface area (Å²) in [4.78, 5) is 4.06. The Bertz CT molecular complexity index is 571. The number of aliphatic hydroxyl groups is 1. The van der Waals surface area contributed by atoms with Crippen molar-refractivity contribution in [1.82, 2.24) is 9.71 Å². The number of nitrogens with one attached hydrogen (secondary N) is 1. The van der Waals surface area contributed by atoms with Gasteiger partial charge in [0, 0.05) is 12.4 Å². The molecule has 2 N–H and O–H groups in total. The molecule has 1 aliphatic rings. The Labute approximate surface area is 144 Å². The lowest BCUT2D eigenvalue weighted by molar-refractivity contribution is -0.0405. The Morgan fingerprint density at radius 1 is 1.43 bits per heavy atom. The predicted octanol–water partition coefficient (Wildman–Crippen LogP) is 3.47. The maximum absolute atomic E-state index is 13.5. The third-order valence-electron chi connectivity index (χ3n) is 4.16. The molecule has 1 unspecified atom stereocenters. The molecule has 0 radical (unpaired) electrons. The first-order chi connectivity index (χ1) is 10.6. The van der Waals surface area contributed by atoms with Gasteiger partial charge in [-0.15, -0.1) is 0 Å². The zero-order valence-electron chi connectivity index (χ0n) is 13.7. The van der Waals surface area contributed by atoms with E-state index in [0.29, 0.717) is 36.3 Å². The van der Waals surface area contributed by atoms with Crippen LogP contribution in [-0.4, -0.2) is 30.8 Å². The van der Waals surface area contributed by atoms with E-state index in [2.05, 4.69) is 9.71 Å². The quantitative estimate of drug-likeness (QED) is 0.862. The van der Waals surface area contributed by atoms with Crippen molar-refractivity contribution in [1.29, 1.82) is 0 Å². The zero-order chi connectivity index (χ0) is 17.3. The van der Waals surface area contributed by atoms with E-state index in [9.17, 15) is 13.7 Å². The summed E-state index contributed by atoms with van der Waals surface area (Å²) in [5.41, 5.74) is -0.509. The molecule has 2 rings (SSSR count). The fourth-order valence-electron chi connectivity index (χ4n) is 2.73. The largest absolute Gasteiger partial charge is 0.388 e. The summed E-state index contributed by atoms with van der Waals surface area (Å²) >= 11 is 6.02. The van der Waals surface area contributed by atoms with Gasteiger partial charge in [-0.3, -0.25) is 4.98 Å². The third-order valence-corrected chi connectivity index (χ3v) is 5.93. The summed E-state index contributed by atoms with van der Waals surface area (Å²) < 4.78 is 28.6. The molecule has 7 heteroatoms. The Kier molecular flexibility index (Phi) is 5.82. The number of hydrogen-bond donors (Lipinski definition) is 2. The van der Waals surface area contributed by atoms with Gasteiger partial charge in [0.2, 0.25) is 0 Å². The second kappa shape index (κ2) is 7.13. The van der Waals surface area contributed by atoms with E-state index in [1.165, 1.54) is 6.20 Å². The maximum atomic E-state index is 13.5. The standard InChI is InChI=1S/C16H24ClFN2O2S/c1-15(2,3)23(22)20-14(11-8-12(17)10-19-9-11)16(21)6-4-13(18)5-7-16/h8-10,13-14,20-21H,4-7H2,1-3H3/t13?,14-,16?,23?/m0/s1. The molecule has 1 aromatic heterocycles. The average molecular weight is 363 g/mol. The molecule has 2 atom stereocenters. The Balaban J connectivity index is 2.33. The minimum absolute atomic E-state index is 0.296. The van der Waals surface area contributed by atoms with Gasteiger partial charge >= 0.3 is 0 Å². The molecule has 23 heavy (non-hydrogen) atoms. The van der Waals surface area contributed by atoms with Gasteiger partial charge in [-0.1, -0.05) is 11.6 Å². The van der Waals surface area contributed by atoms with Gasteiger partial charge in [-0.25, -0.2) is 13.3 Å². The van der Waals surface area contributed by atoms with Crippen molar-refractivity contribution in [2.45, 2.75) is 69.0 Å². The number of pyridine rings is 1. The predicted molar refractivity (Wildman–Crippen MR) is 91.3 cm³/mol. The number of halogens is 2. The van der Waals surface area contributed by atoms with E-state index in [4.69, 9.17) is 11.6 Å². The highest BCUT2D eigenvalue weighted by Gasteiger charge is 2.43. The van der Waals surface area contributed by atoms with E-state index in [-0.39, 0.29) is 0 Å². The van der Waals surface area contributed by atoms with Crippen LogP contribution in [-0.2, 0) is 11.0 Å². The van der Waals surface area contributed by atoms with Crippen LogP contribution < -0.4 is 4.72 Å². The fourth-order valence-corrected chi connectivity index (χ4v) is 3.83. The molecule has 1 fully saturated rings. The van der Waals surface area contributed by atoms with Crippen molar-refractivity contribution >= 4 is 22.6 Å². The van der Waals surface area contributed by atoms with Gasteiger partial charge in [0.05, 0.1) is 32.4 Å². The lowest BCUT2D eigenvalue weighted by Gasteiger charge is -2.41. The van der Waals surface area contributed by atoms with Gasteiger partial charge in [-0.2, -0.15) is 0 Å². The van der Waals surface area contributed by atoms with E-state index in [0.717, 1.165) is 0 Å². The molecular weight excluding hydrogens is 339 g/mol. The van der Waals surface area contributed by atoms with Crippen molar-refractivity contribution in [3.05, 3.63) is 29.0 Å². The van der Waals surface area contributed by atoms with Gasteiger partial charge in [0.25, 0.3) is 0 Å². The SMILES string of the molecule is CC(C)(C)S(=O)N[C@@H](c1cncc(Cl)c1)C1(O)CCC(F)CC1. The highest BCUT2D eigenvalue weighted by molar-refractivity contribution is 7.84. The summed E-state index contributed by atoms with van der Waals surface area (Å²) in [5, 5.41) is 11.5. The van der Waals surface area contributed by atoms with Crippen LogP contribution in [0.5, 0.6) is 0 Å². The van der Waals surface area contributed by atoms with Gasteiger partial charge in [0.1, 0.15) is 6.17 Å². The first kappa shape index (κ1) is 18.8. The van der Waals surface area contributed by atoms with Crippen LogP contribution in [0.25, 0.3) is 0 Å². The molecule has 0 aromatic carbocycles. The molecule has 1 aromatic rings. The lowest BCUT2D eigenvalue weighted by Crippen LogP contribution is -2.49. The summed E-state index contributed by atoms with van der Waals surface area (Å²) in [6.45, 7) is 5.56. The van der Waals surface area contributed by atoms with E-state index >= 15 is 0 Å². The fraction of sp³-hybridized carbons (Fsp3) is 0.688. The minimum Gasteiger partial charge on any atom is -0.388 e. The molecular formula is C16H24ClFN2O2S. The smallest absolute Gasteiger partial charge is 0.100 e. The molecule has 1 saturated carbocycles. The van der Waals surface area contributed by atoms with E-state index in [1.807, 2.05) is 20.8 Å². The molecule has 1 aliphatic carbocycles. The normalized spacial score (nSPS) is 28.3. The highest BCUT2D eigenvalue weighted by atomic mass is 35.5. The van der Waals surface area contributed by atoms with Gasteiger partial charge < -0.3 is 5.11 Å². The molecule has 0 aliphatic heterocycles. The van der Waals surface area contributed by atoms with Crippen molar-refractivity contribution in [2.24, 2.45) is 0 Å². The Morgan fingerprint density at radius 2 is 2.04 bits per heavy atom. The van der Waals surface area contributed by atoms with Crippen molar-refractivity contribution in [3.63, 3.8) is 0 Å². The summed E-state index contributed by atoms with van der Waals surface area (Å²) in [6, 6.07) is 1.09. The number of rotatable bonds is 4. The second-order valence-electron chi connectivity index (χ2n) is 7.15. The van der Waals surface area contributed by atoms with E-state index < -0.39 is 33.5 Å². The molecule has 0 saturated heterocycles.